The minimum absolute atomic E-state index is 0.614. The van der Waals surface area contributed by atoms with E-state index in [-0.39, 0.29) is 0 Å². The molecule has 0 unspecified atom stereocenters. The minimum Gasteiger partial charge on any atom is -0.360 e. The lowest BCUT2D eigenvalue weighted by atomic mass is 10.1. The molecule has 2 fully saturated rings. The number of hydrogen-bond acceptors (Lipinski definition) is 1. The van der Waals surface area contributed by atoms with Crippen molar-refractivity contribution in [2.75, 3.05) is 13.1 Å². The van der Waals surface area contributed by atoms with Crippen LogP contribution in [0.4, 0.5) is 0 Å². The van der Waals surface area contributed by atoms with Gasteiger partial charge in [0.2, 0.25) is 0 Å². The van der Waals surface area contributed by atoms with E-state index in [2.05, 4.69) is 4.90 Å². The molecule has 1 aliphatic carbocycles. The summed E-state index contributed by atoms with van der Waals surface area (Å²) in [5.74, 6) is 1.56. The molecule has 1 heterocycles. The Morgan fingerprint density at radius 3 is 2.17 bits per heavy atom. The fraction of sp³-hybridized carbons (Fsp3) is 0.900. The van der Waals surface area contributed by atoms with Gasteiger partial charge in [0.15, 0.2) is 0 Å². The van der Waals surface area contributed by atoms with Crippen LogP contribution in [0.1, 0.15) is 38.5 Å². The second-order valence-corrected chi connectivity index (χ2v) is 4.06. The van der Waals surface area contributed by atoms with Gasteiger partial charge in [-0.15, -0.1) is 0 Å². The zero-order valence-corrected chi connectivity index (χ0v) is 7.68. The molecule has 12 heavy (non-hydrogen) atoms. The maximum atomic E-state index is 8.01. The second-order valence-electron chi connectivity index (χ2n) is 4.06. The summed E-state index contributed by atoms with van der Waals surface area (Å²) in [6.45, 7) is 2.30. The third kappa shape index (κ3) is 1.47. The number of nitrogens with zero attached hydrogens (tertiary/aromatic N) is 1. The van der Waals surface area contributed by atoms with Crippen LogP contribution in [-0.4, -0.2) is 23.8 Å². The molecule has 2 rings (SSSR count). The van der Waals surface area contributed by atoms with Crippen LogP contribution in [0.3, 0.4) is 0 Å². The number of rotatable bonds is 1. The number of amidine groups is 1. The van der Waals surface area contributed by atoms with E-state index in [1.165, 1.54) is 38.5 Å². The van der Waals surface area contributed by atoms with Crippen LogP contribution in [0, 0.1) is 11.3 Å². The normalized spacial score (nSPS) is 25.2. The first-order chi connectivity index (χ1) is 5.88. The molecular weight excluding hydrogens is 148 g/mol. The van der Waals surface area contributed by atoms with Gasteiger partial charge in [0.25, 0.3) is 0 Å². The Bertz CT molecular complexity index is 147. The van der Waals surface area contributed by atoms with Gasteiger partial charge in [0.1, 0.15) is 0 Å². The predicted molar refractivity (Wildman–Crippen MR) is 50.5 cm³/mol. The van der Waals surface area contributed by atoms with Gasteiger partial charge in [-0.3, -0.25) is 5.41 Å². The lowest BCUT2D eigenvalue weighted by Gasteiger charge is -2.22. The molecule has 1 aliphatic heterocycles. The largest absolute Gasteiger partial charge is 0.360 e. The molecule has 0 aromatic carbocycles. The van der Waals surface area contributed by atoms with Gasteiger partial charge in [-0.1, -0.05) is 12.8 Å². The van der Waals surface area contributed by atoms with E-state index >= 15 is 0 Å². The van der Waals surface area contributed by atoms with Crippen LogP contribution in [0.5, 0.6) is 0 Å². The highest BCUT2D eigenvalue weighted by molar-refractivity contribution is 5.82. The van der Waals surface area contributed by atoms with Gasteiger partial charge in [-0.25, -0.2) is 0 Å². The molecule has 0 aromatic rings. The first kappa shape index (κ1) is 8.09. The predicted octanol–water partition coefficient (Wildman–Crippen LogP) is 2.25. The summed E-state index contributed by atoms with van der Waals surface area (Å²) < 4.78 is 0. The number of nitrogens with one attached hydrogen (secondary N) is 1. The Hall–Kier alpha value is -0.530. The van der Waals surface area contributed by atoms with Crippen molar-refractivity contribution in [1.82, 2.24) is 4.90 Å². The first-order valence-electron chi connectivity index (χ1n) is 5.21. The van der Waals surface area contributed by atoms with Gasteiger partial charge in [0, 0.05) is 19.0 Å². The second kappa shape index (κ2) is 3.46. The molecule has 0 radical (unpaired) electrons. The van der Waals surface area contributed by atoms with Crippen molar-refractivity contribution in [1.29, 1.82) is 5.41 Å². The lowest BCUT2D eigenvalue weighted by Crippen LogP contribution is -2.31. The van der Waals surface area contributed by atoms with Crippen molar-refractivity contribution in [3.63, 3.8) is 0 Å². The quantitative estimate of drug-likeness (QED) is 0.469. The van der Waals surface area contributed by atoms with E-state index in [0.29, 0.717) is 5.92 Å². The van der Waals surface area contributed by atoms with Crippen molar-refractivity contribution in [2.45, 2.75) is 38.5 Å². The third-order valence-corrected chi connectivity index (χ3v) is 3.19. The lowest BCUT2D eigenvalue weighted by molar-refractivity contribution is 0.470. The Morgan fingerprint density at radius 1 is 1.00 bits per heavy atom. The smallest absolute Gasteiger partial charge is 0.0989 e. The van der Waals surface area contributed by atoms with Crippen molar-refractivity contribution in [3.8, 4) is 0 Å². The molecule has 0 bridgehead atoms. The summed E-state index contributed by atoms with van der Waals surface area (Å²) in [7, 11) is 0. The summed E-state index contributed by atoms with van der Waals surface area (Å²) in [6, 6.07) is 0. The topological polar surface area (TPSA) is 27.1 Å². The van der Waals surface area contributed by atoms with Gasteiger partial charge < -0.3 is 4.90 Å². The Balaban J connectivity index is 1.89. The van der Waals surface area contributed by atoms with Gasteiger partial charge >= 0.3 is 0 Å². The summed E-state index contributed by atoms with van der Waals surface area (Å²) in [5.41, 5.74) is 0. The van der Waals surface area contributed by atoms with Crippen molar-refractivity contribution >= 4 is 5.84 Å². The molecule has 0 aromatic heterocycles. The highest BCUT2D eigenvalue weighted by Crippen LogP contribution is 2.27. The molecule has 0 atom stereocenters. The average molecular weight is 166 g/mol. The van der Waals surface area contributed by atoms with Crippen LogP contribution in [0.25, 0.3) is 0 Å². The standard InChI is InChI=1S/C10H18N2/c11-10(9-5-1-2-6-9)12-7-3-4-8-12/h9,11H,1-8H2. The molecule has 0 spiro atoms. The molecule has 2 aliphatic rings. The molecule has 1 saturated carbocycles. The first-order valence-corrected chi connectivity index (χ1v) is 5.21. The SMILES string of the molecule is N=C(C1CCCC1)N1CCCC1. The van der Waals surface area contributed by atoms with Crippen LogP contribution >= 0.6 is 0 Å². The summed E-state index contributed by atoms with van der Waals surface area (Å²) in [4.78, 5) is 2.29. The maximum Gasteiger partial charge on any atom is 0.0989 e. The van der Waals surface area contributed by atoms with Gasteiger partial charge in [-0.2, -0.15) is 0 Å². The zero-order chi connectivity index (χ0) is 8.39. The highest BCUT2D eigenvalue weighted by atomic mass is 15.2. The highest BCUT2D eigenvalue weighted by Gasteiger charge is 2.25. The molecule has 1 N–H and O–H groups in total. The van der Waals surface area contributed by atoms with E-state index in [0.717, 1.165) is 18.9 Å². The van der Waals surface area contributed by atoms with E-state index < -0.39 is 0 Å². The summed E-state index contributed by atoms with van der Waals surface area (Å²) in [6.07, 6.45) is 7.84. The van der Waals surface area contributed by atoms with Gasteiger partial charge in [-0.05, 0) is 25.7 Å². The van der Waals surface area contributed by atoms with Crippen LogP contribution in [0.2, 0.25) is 0 Å². The van der Waals surface area contributed by atoms with E-state index in [9.17, 15) is 0 Å². The number of hydrogen-bond donors (Lipinski definition) is 1. The Kier molecular flexibility index (Phi) is 2.33. The summed E-state index contributed by atoms with van der Waals surface area (Å²) in [5, 5.41) is 8.01. The van der Waals surface area contributed by atoms with Crippen molar-refractivity contribution in [3.05, 3.63) is 0 Å². The average Bonchev–Trinajstić information content (AvgIpc) is 2.77. The molecule has 0 amide bonds. The zero-order valence-electron chi connectivity index (χ0n) is 7.68. The van der Waals surface area contributed by atoms with E-state index in [4.69, 9.17) is 5.41 Å². The third-order valence-electron chi connectivity index (χ3n) is 3.19. The molecular formula is C10H18N2. The molecule has 2 heteroatoms. The fourth-order valence-corrected chi connectivity index (χ4v) is 2.42. The number of likely N-dealkylation sites (tertiary alicyclic amines) is 1. The fourth-order valence-electron chi connectivity index (χ4n) is 2.42. The Morgan fingerprint density at radius 2 is 1.58 bits per heavy atom. The molecule has 2 nitrogen and oxygen atoms in total. The molecule has 68 valence electrons. The summed E-state index contributed by atoms with van der Waals surface area (Å²) >= 11 is 0. The van der Waals surface area contributed by atoms with E-state index in [1.54, 1.807) is 0 Å². The van der Waals surface area contributed by atoms with Crippen molar-refractivity contribution in [2.24, 2.45) is 5.92 Å². The monoisotopic (exact) mass is 166 g/mol. The van der Waals surface area contributed by atoms with Gasteiger partial charge in [0.05, 0.1) is 5.84 Å². The van der Waals surface area contributed by atoms with Crippen LogP contribution < -0.4 is 0 Å². The van der Waals surface area contributed by atoms with Crippen LogP contribution in [-0.2, 0) is 0 Å². The van der Waals surface area contributed by atoms with Crippen molar-refractivity contribution < 1.29 is 0 Å². The van der Waals surface area contributed by atoms with E-state index in [1.807, 2.05) is 0 Å². The van der Waals surface area contributed by atoms with Crippen LogP contribution in [0.15, 0.2) is 0 Å². The maximum absolute atomic E-state index is 8.01. The molecule has 1 saturated heterocycles. The minimum atomic E-state index is 0.614. The Labute approximate surface area is 74.5 Å².